The third kappa shape index (κ3) is 3.28. The number of rotatable bonds is 4. The molecule has 0 saturated heterocycles. The number of carbonyl (C=O) groups is 1. The Kier molecular flexibility index (Phi) is 4.46. The number of nitrogens with one attached hydrogen (secondary N) is 1. The minimum Gasteiger partial charge on any atom is -0.398 e. The third-order valence-electron chi connectivity index (χ3n) is 4.22. The molecule has 0 aliphatic heterocycles. The molecule has 0 bridgehead atoms. The van der Waals surface area contributed by atoms with E-state index < -0.39 is 0 Å². The lowest BCUT2D eigenvalue weighted by Gasteiger charge is -2.32. The van der Waals surface area contributed by atoms with Crippen LogP contribution in [0.5, 0.6) is 0 Å². The number of nitrogen functional groups attached to an aromatic ring is 1. The molecule has 1 fully saturated rings. The molecule has 0 aromatic heterocycles. The first-order valence-electron chi connectivity index (χ1n) is 7.28. The summed E-state index contributed by atoms with van der Waals surface area (Å²) in [5, 5.41) is 3.60. The van der Waals surface area contributed by atoms with Gasteiger partial charge in [0.1, 0.15) is 0 Å². The summed E-state index contributed by atoms with van der Waals surface area (Å²) in [5.74, 6) is 0.768. The summed E-state index contributed by atoms with van der Waals surface area (Å²) < 4.78 is 0. The van der Waals surface area contributed by atoms with Crippen molar-refractivity contribution >= 4 is 17.2 Å². The fourth-order valence-electron chi connectivity index (χ4n) is 3.05. The van der Waals surface area contributed by atoms with Gasteiger partial charge in [-0.2, -0.15) is 0 Å². The molecule has 0 heterocycles. The molecule has 3 N–H and O–H groups in total. The van der Waals surface area contributed by atoms with Gasteiger partial charge >= 0.3 is 0 Å². The van der Waals surface area contributed by atoms with Gasteiger partial charge in [-0.05, 0) is 43.9 Å². The summed E-state index contributed by atoms with van der Waals surface area (Å²) in [5.41, 5.74) is 8.03. The molecule has 1 aliphatic rings. The zero-order chi connectivity index (χ0) is 13.8. The smallest absolute Gasteiger partial charge is 0.161 e. The first-order chi connectivity index (χ1) is 9.11. The number of benzene rings is 1. The summed E-state index contributed by atoms with van der Waals surface area (Å²) >= 11 is 0. The highest BCUT2D eigenvalue weighted by molar-refractivity contribution is 6.00. The Bertz CT molecular complexity index is 456. The van der Waals surface area contributed by atoms with Crippen molar-refractivity contribution in [2.45, 2.75) is 52.0 Å². The van der Waals surface area contributed by atoms with E-state index in [4.69, 9.17) is 5.73 Å². The number of anilines is 2. The lowest BCUT2D eigenvalue weighted by atomic mass is 9.83. The SMILES string of the molecule is CCC1CCCCC1Nc1ccc(N)c(C(C)=O)c1. The molecule has 19 heavy (non-hydrogen) atoms. The van der Waals surface area contributed by atoms with Gasteiger partial charge < -0.3 is 11.1 Å². The van der Waals surface area contributed by atoms with Crippen molar-refractivity contribution in [2.24, 2.45) is 5.92 Å². The average Bonchev–Trinajstić information content (AvgIpc) is 2.41. The number of hydrogen-bond acceptors (Lipinski definition) is 3. The topological polar surface area (TPSA) is 55.1 Å². The largest absolute Gasteiger partial charge is 0.398 e. The van der Waals surface area contributed by atoms with Crippen LogP contribution in [0.25, 0.3) is 0 Å². The molecular weight excluding hydrogens is 236 g/mol. The van der Waals surface area contributed by atoms with Gasteiger partial charge in [-0.25, -0.2) is 0 Å². The molecule has 104 valence electrons. The van der Waals surface area contributed by atoms with Crippen LogP contribution in [-0.4, -0.2) is 11.8 Å². The molecule has 3 heteroatoms. The number of carbonyl (C=O) groups excluding carboxylic acids is 1. The van der Waals surface area contributed by atoms with Gasteiger partial charge in [0.15, 0.2) is 5.78 Å². The lowest BCUT2D eigenvalue weighted by Crippen LogP contribution is -2.31. The molecule has 2 rings (SSSR count). The van der Waals surface area contributed by atoms with Crippen molar-refractivity contribution in [3.63, 3.8) is 0 Å². The minimum atomic E-state index is 0.0248. The second-order valence-electron chi connectivity index (χ2n) is 5.56. The fourth-order valence-corrected chi connectivity index (χ4v) is 3.05. The van der Waals surface area contributed by atoms with Crippen LogP contribution in [0.1, 0.15) is 56.3 Å². The standard InChI is InChI=1S/C16H24N2O/c1-3-12-6-4-5-7-16(12)18-13-8-9-15(17)14(10-13)11(2)19/h8-10,12,16,18H,3-7,17H2,1-2H3. The summed E-state index contributed by atoms with van der Waals surface area (Å²) in [4.78, 5) is 11.5. The molecular formula is C16H24N2O. The zero-order valence-corrected chi connectivity index (χ0v) is 11.9. The van der Waals surface area contributed by atoms with E-state index in [0.29, 0.717) is 17.3 Å². The highest BCUT2D eigenvalue weighted by atomic mass is 16.1. The lowest BCUT2D eigenvalue weighted by molar-refractivity contribution is 0.101. The Morgan fingerprint density at radius 1 is 1.37 bits per heavy atom. The Hall–Kier alpha value is -1.51. The van der Waals surface area contributed by atoms with E-state index in [1.165, 1.54) is 32.1 Å². The van der Waals surface area contributed by atoms with Gasteiger partial charge in [-0.15, -0.1) is 0 Å². The molecule has 1 aromatic rings. The van der Waals surface area contributed by atoms with Crippen molar-refractivity contribution < 1.29 is 4.79 Å². The van der Waals surface area contributed by atoms with E-state index in [9.17, 15) is 4.79 Å². The van der Waals surface area contributed by atoms with Crippen LogP contribution in [0.3, 0.4) is 0 Å². The van der Waals surface area contributed by atoms with Crippen LogP contribution >= 0.6 is 0 Å². The van der Waals surface area contributed by atoms with Gasteiger partial charge in [-0.1, -0.05) is 26.2 Å². The summed E-state index contributed by atoms with van der Waals surface area (Å²) in [6.45, 7) is 3.82. The number of ketones is 1. The van der Waals surface area contributed by atoms with Gasteiger partial charge in [0, 0.05) is 23.0 Å². The summed E-state index contributed by atoms with van der Waals surface area (Å²) in [6.07, 6.45) is 6.38. The van der Waals surface area contributed by atoms with E-state index >= 15 is 0 Å². The number of hydrogen-bond donors (Lipinski definition) is 2. The Balaban J connectivity index is 2.14. The molecule has 0 spiro atoms. The Morgan fingerprint density at radius 2 is 2.11 bits per heavy atom. The first kappa shape index (κ1) is 13.9. The predicted molar refractivity (Wildman–Crippen MR) is 80.5 cm³/mol. The van der Waals surface area contributed by atoms with Gasteiger partial charge in [0.2, 0.25) is 0 Å². The number of Topliss-reactive ketones (excluding diaryl/α,β-unsaturated/α-hetero) is 1. The molecule has 0 radical (unpaired) electrons. The zero-order valence-electron chi connectivity index (χ0n) is 11.9. The highest BCUT2D eigenvalue weighted by Crippen LogP contribution is 2.30. The molecule has 1 aliphatic carbocycles. The average molecular weight is 260 g/mol. The van der Waals surface area contributed by atoms with Crippen LogP contribution < -0.4 is 11.1 Å². The van der Waals surface area contributed by atoms with E-state index in [2.05, 4.69) is 12.2 Å². The van der Waals surface area contributed by atoms with Crippen molar-refractivity contribution in [1.82, 2.24) is 0 Å². The van der Waals surface area contributed by atoms with Gasteiger partial charge in [-0.3, -0.25) is 4.79 Å². The summed E-state index contributed by atoms with van der Waals surface area (Å²) in [7, 11) is 0. The molecule has 3 nitrogen and oxygen atoms in total. The quantitative estimate of drug-likeness (QED) is 0.638. The maximum atomic E-state index is 11.5. The summed E-state index contributed by atoms with van der Waals surface area (Å²) in [6, 6.07) is 6.22. The second kappa shape index (κ2) is 6.09. The van der Waals surface area contributed by atoms with Crippen LogP contribution in [0.4, 0.5) is 11.4 Å². The van der Waals surface area contributed by atoms with Crippen molar-refractivity contribution in [2.75, 3.05) is 11.1 Å². The maximum Gasteiger partial charge on any atom is 0.161 e. The fraction of sp³-hybridized carbons (Fsp3) is 0.562. The highest BCUT2D eigenvalue weighted by Gasteiger charge is 2.23. The van der Waals surface area contributed by atoms with E-state index in [-0.39, 0.29) is 5.78 Å². The maximum absolute atomic E-state index is 11.5. The van der Waals surface area contributed by atoms with Crippen molar-refractivity contribution in [3.8, 4) is 0 Å². The predicted octanol–water partition coefficient (Wildman–Crippen LogP) is 3.85. The van der Waals surface area contributed by atoms with Gasteiger partial charge in [0.25, 0.3) is 0 Å². The van der Waals surface area contributed by atoms with E-state index in [0.717, 1.165) is 11.6 Å². The van der Waals surface area contributed by atoms with Crippen molar-refractivity contribution in [3.05, 3.63) is 23.8 Å². The second-order valence-corrected chi connectivity index (χ2v) is 5.56. The van der Waals surface area contributed by atoms with Crippen molar-refractivity contribution in [1.29, 1.82) is 0 Å². The van der Waals surface area contributed by atoms with E-state index in [1.807, 2.05) is 18.2 Å². The van der Waals surface area contributed by atoms with E-state index in [1.54, 1.807) is 6.92 Å². The molecule has 2 unspecified atom stereocenters. The van der Waals surface area contributed by atoms with Crippen LogP contribution in [0.2, 0.25) is 0 Å². The number of nitrogens with two attached hydrogens (primary N) is 1. The molecule has 0 amide bonds. The minimum absolute atomic E-state index is 0.0248. The van der Waals surface area contributed by atoms with Crippen LogP contribution in [0, 0.1) is 5.92 Å². The van der Waals surface area contributed by atoms with Crippen LogP contribution in [0.15, 0.2) is 18.2 Å². The Labute approximate surface area is 115 Å². The first-order valence-corrected chi connectivity index (χ1v) is 7.28. The Morgan fingerprint density at radius 3 is 2.79 bits per heavy atom. The third-order valence-corrected chi connectivity index (χ3v) is 4.22. The molecule has 1 aromatic carbocycles. The monoisotopic (exact) mass is 260 g/mol. The molecule has 1 saturated carbocycles. The molecule has 2 atom stereocenters. The van der Waals surface area contributed by atoms with Crippen LogP contribution in [-0.2, 0) is 0 Å². The van der Waals surface area contributed by atoms with Gasteiger partial charge in [0.05, 0.1) is 0 Å². The normalized spacial score (nSPS) is 23.1.